The molecule has 2 heterocycles. The second-order valence-electron chi connectivity index (χ2n) is 13.4. The van der Waals surface area contributed by atoms with Gasteiger partial charge in [-0.05, 0) is 99.4 Å². The lowest BCUT2D eigenvalue weighted by atomic mass is 10.0. The molecule has 1 aliphatic carbocycles. The predicted octanol–water partition coefficient (Wildman–Crippen LogP) is 7.78. The maximum Gasteiger partial charge on any atom is 0.329 e. The van der Waals surface area contributed by atoms with E-state index in [-0.39, 0.29) is 36.3 Å². The predicted molar refractivity (Wildman–Crippen MR) is 189 cm³/mol. The standard InChI is InChI=1S/C41H45FN2O6/c42-33-18-20-34(21-19-33)50-36-22-17-32-24-31(36)16-12-7-5-3-1-2-4-6-8-13-23-48-29-41-25-35(40(47)49-28-30-14-10-9-11-15-30)44(37(41)26-41)38(45)27-43-39(32)46/h4,6,9-12,14-22,24,35,37H,1-3,5,7-8,13,23,25-29H2,(H,43,46)/b6-4-,16-12-/t35-,37-,41+/m0/s1. The first-order chi connectivity index (χ1) is 24.4. The van der Waals surface area contributed by atoms with Crippen molar-refractivity contribution in [3.63, 3.8) is 0 Å². The van der Waals surface area contributed by atoms with Crippen molar-refractivity contribution in [2.24, 2.45) is 5.41 Å². The average Bonchev–Trinajstić information content (AvgIpc) is 3.73. The minimum absolute atomic E-state index is 0.119. The fourth-order valence-corrected chi connectivity index (χ4v) is 6.84. The highest BCUT2D eigenvalue weighted by Gasteiger charge is 2.67. The van der Waals surface area contributed by atoms with E-state index in [9.17, 15) is 18.8 Å². The van der Waals surface area contributed by atoms with E-state index in [0.717, 1.165) is 56.9 Å². The van der Waals surface area contributed by atoms with Crippen molar-refractivity contribution >= 4 is 23.9 Å². The quantitative estimate of drug-likeness (QED) is 0.219. The van der Waals surface area contributed by atoms with E-state index in [0.29, 0.717) is 42.3 Å². The van der Waals surface area contributed by atoms with Crippen molar-refractivity contribution in [2.45, 2.75) is 76.5 Å². The van der Waals surface area contributed by atoms with Crippen molar-refractivity contribution < 1.29 is 33.0 Å². The van der Waals surface area contributed by atoms with Gasteiger partial charge in [-0.3, -0.25) is 9.59 Å². The molecule has 0 unspecified atom stereocenters. The fraction of sp³-hybridized carbons (Fsp3) is 0.390. The second kappa shape index (κ2) is 16.8. The number of hydrogen-bond acceptors (Lipinski definition) is 6. The zero-order valence-electron chi connectivity index (χ0n) is 28.4. The minimum Gasteiger partial charge on any atom is -0.459 e. The Balaban J connectivity index is 1.18. The Morgan fingerprint density at radius 2 is 1.66 bits per heavy atom. The lowest BCUT2D eigenvalue weighted by Crippen LogP contribution is -2.48. The Morgan fingerprint density at radius 3 is 2.46 bits per heavy atom. The summed E-state index contributed by atoms with van der Waals surface area (Å²) < 4.78 is 31.4. The SMILES string of the molecule is O=C1NCC(=O)N2[C@H]3C[C@@]3(COCCC/C=C\CCCCC/C=C\c3cc1ccc3Oc1ccc(F)cc1)C[C@H]2C(=O)OCc1ccccc1. The maximum absolute atomic E-state index is 13.8. The number of nitrogens with one attached hydrogen (secondary N) is 1. The van der Waals surface area contributed by atoms with Gasteiger partial charge in [-0.2, -0.15) is 0 Å². The number of halogens is 1. The molecule has 262 valence electrons. The van der Waals surface area contributed by atoms with Gasteiger partial charge >= 0.3 is 5.97 Å². The number of nitrogens with zero attached hydrogens (tertiary/aromatic N) is 1. The van der Waals surface area contributed by atoms with Crippen LogP contribution in [-0.2, 0) is 25.7 Å². The van der Waals surface area contributed by atoms with Crippen molar-refractivity contribution in [2.75, 3.05) is 19.8 Å². The number of esters is 1. The number of benzene rings is 3. The highest BCUT2D eigenvalue weighted by atomic mass is 19.1. The Morgan fingerprint density at radius 1 is 0.900 bits per heavy atom. The van der Waals surface area contributed by atoms with E-state index in [4.69, 9.17) is 14.2 Å². The van der Waals surface area contributed by atoms with E-state index in [1.165, 1.54) is 12.1 Å². The highest BCUT2D eigenvalue weighted by molar-refractivity contribution is 5.98. The molecular weight excluding hydrogens is 635 g/mol. The molecule has 8 nitrogen and oxygen atoms in total. The molecule has 3 aliphatic rings. The van der Waals surface area contributed by atoms with Crippen LogP contribution in [0.2, 0.25) is 0 Å². The number of amides is 2. The maximum atomic E-state index is 13.8. The first kappa shape index (κ1) is 35.1. The molecule has 3 aromatic rings. The average molecular weight is 681 g/mol. The molecule has 3 aromatic carbocycles. The van der Waals surface area contributed by atoms with Gasteiger partial charge in [0.15, 0.2) is 0 Å². The number of carbonyl (C=O) groups is 3. The Bertz CT molecular complexity index is 1690. The number of fused-ring (bicyclic) bond motifs is 2. The van der Waals surface area contributed by atoms with Gasteiger partial charge in [-0.15, -0.1) is 0 Å². The molecule has 2 amide bonds. The third kappa shape index (κ3) is 9.07. The van der Waals surface area contributed by atoms with Crippen molar-refractivity contribution in [3.05, 3.63) is 114 Å². The molecule has 0 spiro atoms. The van der Waals surface area contributed by atoms with E-state index >= 15 is 0 Å². The largest absolute Gasteiger partial charge is 0.459 e. The van der Waals surface area contributed by atoms with Gasteiger partial charge in [0.05, 0.1) is 13.2 Å². The van der Waals surface area contributed by atoms with E-state index in [1.54, 1.807) is 35.2 Å². The number of allylic oxidation sites excluding steroid dienone is 3. The van der Waals surface area contributed by atoms with Crippen LogP contribution in [-0.4, -0.2) is 54.5 Å². The number of carbonyl (C=O) groups excluding carboxylic acids is 3. The summed E-state index contributed by atoms with van der Waals surface area (Å²) in [5, 5.41) is 2.78. The summed E-state index contributed by atoms with van der Waals surface area (Å²) in [6.07, 6.45) is 16.7. The second-order valence-corrected chi connectivity index (χ2v) is 13.4. The Kier molecular flexibility index (Phi) is 11.8. The Hall–Kier alpha value is -4.76. The molecule has 50 heavy (non-hydrogen) atoms. The van der Waals surface area contributed by atoms with Crippen molar-refractivity contribution in [1.82, 2.24) is 10.2 Å². The number of hydrogen-bond donors (Lipinski definition) is 1. The molecule has 6 rings (SSSR count). The monoisotopic (exact) mass is 680 g/mol. The first-order valence-electron chi connectivity index (χ1n) is 17.7. The third-order valence-corrected chi connectivity index (χ3v) is 9.67. The van der Waals surface area contributed by atoms with Crippen LogP contribution in [0.1, 0.15) is 79.3 Å². The zero-order chi connectivity index (χ0) is 34.8. The van der Waals surface area contributed by atoms with Crippen LogP contribution in [0, 0.1) is 11.2 Å². The molecule has 0 aromatic heterocycles. The lowest BCUT2D eigenvalue weighted by molar-refractivity contribution is -0.155. The van der Waals surface area contributed by atoms with Crippen LogP contribution >= 0.6 is 0 Å². The van der Waals surface area contributed by atoms with Crippen LogP contribution in [0.15, 0.2) is 91.0 Å². The summed E-state index contributed by atoms with van der Waals surface area (Å²) in [7, 11) is 0. The fourth-order valence-electron chi connectivity index (χ4n) is 6.84. The molecule has 0 radical (unpaired) electrons. The van der Waals surface area contributed by atoms with Gasteiger partial charge in [-0.25, -0.2) is 9.18 Å². The summed E-state index contributed by atoms with van der Waals surface area (Å²) in [6.45, 7) is 0.949. The molecule has 2 aliphatic heterocycles. The summed E-state index contributed by atoms with van der Waals surface area (Å²) >= 11 is 0. The van der Waals surface area contributed by atoms with E-state index in [2.05, 4.69) is 23.5 Å². The lowest BCUT2D eigenvalue weighted by Gasteiger charge is -2.26. The van der Waals surface area contributed by atoms with Crippen LogP contribution in [0.4, 0.5) is 4.39 Å². The molecule has 3 atom stereocenters. The Labute approximate surface area is 293 Å². The summed E-state index contributed by atoms with van der Waals surface area (Å²) in [5.74, 6) is -0.565. The molecule has 4 bridgehead atoms. The van der Waals surface area contributed by atoms with E-state index in [1.807, 2.05) is 36.4 Å². The molecule has 1 saturated carbocycles. The molecular formula is C41H45FN2O6. The summed E-state index contributed by atoms with van der Waals surface area (Å²) in [6, 6.07) is 19.4. The number of ether oxygens (including phenoxy) is 3. The van der Waals surface area contributed by atoms with Gasteiger partial charge in [0, 0.05) is 29.2 Å². The normalized spacial score (nSPS) is 24.6. The summed E-state index contributed by atoms with van der Waals surface area (Å²) in [4.78, 5) is 42.2. The topological polar surface area (TPSA) is 94.2 Å². The van der Waals surface area contributed by atoms with Gasteiger partial charge in [0.2, 0.25) is 5.91 Å². The smallest absolute Gasteiger partial charge is 0.329 e. The molecule has 2 fully saturated rings. The number of rotatable bonds is 5. The van der Waals surface area contributed by atoms with Gasteiger partial charge < -0.3 is 24.4 Å². The molecule has 1 N–H and O–H groups in total. The van der Waals surface area contributed by atoms with Gasteiger partial charge in [0.25, 0.3) is 5.91 Å². The van der Waals surface area contributed by atoms with Crippen molar-refractivity contribution in [1.29, 1.82) is 0 Å². The van der Waals surface area contributed by atoms with Crippen molar-refractivity contribution in [3.8, 4) is 11.5 Å². The van der Waals surface area contributed by atoms with Crippen LogP contribution < -0.4 is 10.1 Å². The van der Waals surface area contributed by atoms with E-state index < -0.39 is 17.9 Å². The minimum atomic E-state index is -0.748. The third-order valence-electron chi connectivity index (χ3n) is 9.67. The van der Waals surface area contributed by atoms with Gasteiger partial charge in [-0.1, -0.05) is 61.1 Å². The molecule has 1 saturated heterocycles. The summed E-state index contributed by atoms with van der Waals surface area (Å²) in [5.41, 5.74) is 1.63. The van der Waals surface area contributed by atoms with Gasteiger partial charge in [0.1, 0.15) is 30.0 Å². The first-order valence-corrected chi connectivity index (χ1v) is 17.7. The highest BCUT2D eigenvalue weighted by Crippen LogP contribution is 2.59. The van der Waals surface area contributed by atoms with Crippen LogP contribution in [0.3, 0.4) is 0 Å². The number of piperidine rings is 1. The van der Waals surface area contributed by atoms with Crippen LogP contribution in [0.5, 0.6) is 11.5 Å². The molecule has 9 heteroatoms. The van der Waals surface area contributed by atoms with Crippen LogP contribution in [0.25, 0.3) is 6.08 Å². The zero-order valence-corrected chi connectivity index (χ0v) is 28.4.